The molecule has 2 atom stereocenters. The van der Waals surface area contributed by atoms with Crippen molar-refractivity contribution in [3.63, 3.8) is 0 Å². The number of rotatable bonds is 2. The van der Waals surface area contributed by atoms with Gasteiger partial charge in [0.2, 0.25) is 0 Å². The molecule has 1 aliphatic rings. The highest BCUT2D eigenvalue weighted by molar-refractivity contribution is 5.86. The summed E-state index contributed by atoms with van der Waals surface area (Å²) in [7, 11) is 1.69. The molecule has 3 heterocycles. The first-order valence-electron chi connectivity index (χ1n) is 6.83. The van der Waals surface area contributed by atoms with E-state index in [9.17, 15) is 18.0 Å². The smallest absolute Gasteiger partial charge is 0.410 e. The molecule has 0 aliphatic carbocycles. The standard InChI is InChI=1S/C13H14F3N5O2/c1-6-7(5-20(2)18-6)8-3-10(13(14,15)16)21-11(17-8)4-9(19-21)12(22)23/h4-5,8,10,17H,3H2,1-2H3,(H,22,23)/t8-,10+/m0/s1. The number of aromatic carboxylic acids is 1. The summed E-state index contributed by atoms with van der Waals surface area (Å²) in [4.78, 5) is 11.0. The summed E-state index contributed by atoms with van der Waals surface area (Å²) in [6.45, 7) is 1.72. The van der Waals surface area contributed by atoms with Crippen LogP contribution in [0.1, 0.15) is 40.3 Å². The lowest BCUT2D eigenvalue weighted by atomic mass is 9.97. The maximum Gasteiger partial charge on any atom is 0.410 e. The van der Waals surface area contributed by atoms with Gasteiger partial charge in [0.05, 0.1) is 11.7 Å². The van der Waals surface area contributed by atoms with Gasteiger partial charge in [-0.15, -0.1) is 0 Å². The van der Waals surface area contributed by atoms with Gasteiger partial charge in [0.25, 0.3) is 0 Å². The maximum atomic E-state index is 13.4. The molecule has 0 saturated heterocycles. The van der Waals surface area contributed by atoms with E-state index in [4.69, 9.17) is 5.11 Å². The van der Waals surface area contributed by atoms with Crippen LogP contribution in [0.15, 0.2) is 12.3 Å². The predicted octanol–water partition coefficient (Wildman–Crippen LogP) is 2.28. The summed E-state index contributed by atoms with van der Waals surface area (Å²) in [6.07, 6.45) is -3.17. The first-order valence-corrected chi connectivity index (χ1v) is 6.83. The van der Waals surface area contributed by atoms with Crippen LogP contribution in [-0.4, -0.2) is 36.8 Å². The average molecular weight is 329 g/mol. The minimum Gasteiger partial charge on any atom is -0.476 e. The number of nitrogens with one attached hydrogen (secondary N) is 1. The molecule has 0 fully saturated rings. The number of hydrogen-bond acceptors (Lipinski definition) is 4. The quantitative estimate of drug-likeness (QED) is 0.883. The second-order valence-electron chi connectivity index (χ2n) is 5.50. The molecule has 0 spiro atoms. The van der Waals surface area contributed by atoms with Crippen molar-refractivity contribution in [2.45, 2.75) is 31.6 Å². The SMILES string of the molecule is Cc1nn(C)cc1[C@@H]1C[C@H](C(F)(F)F)n2nc(C(=O)O)cc2N1. The topological polar surface area (TPSA) is 85.0 Å². The summed E-state index contributed by atoms with van der Waals surface area (Å²) < 4.78 is 42.3. The summed E-state index contributed by atoms with van der Waals surface area (Å²) in [5.74, 6) is -1.34. The van der Waals surface area contributed by atoms with Crippen LogP contribution < -0.4 is 5.32 Å². The van der Waals surface area contributed by atoms with Gasteiger partial charge in [-0.25, -0.2) is 9.48 Å². The van der Waals surface area contributed by atoms with Crippen LogP contribution in [0.3, 0.4) is 0 Å². The molecule has 0 saturated carbocycles. The molecular weight excluding hydrogens is 315 g/mol. The van der Waals surface area contributed by atoms with Crippen molar-refractivity contribution >= 4 is 11.8 Å². The van der Waals surface area contributed by atoms with E-state index in [1.54, 1.807) is 20.2 Å². The van der Waals surface area contributed by atoms with E-state index in [-0.39, 0.29) is 12.2 Å². The molecule has 3 rings (SSSR count). The molecule has 124 valence electrons. The van der Waals surface area contributed by atoms with Gasteiger partial charge in [0, 0.05) is 31.3 Å². The van der Waals surface area contributed by atoms with Crippen molar-refractivity contribution in [3.05, 3.63) is 29.2 Å². The van der Waals surface area contributed by atoms with E-state index < -0.39 is 29.9 Å². The van der Waals surface area contributed by atoms with Crippen LogP contribution >= 0.6 is 0 Å². The second-order valence-corrected chi connectivity index (χ2v) is 5.50. The molecule has 2 aromatic heterocycles. The first kappa shape index (κ1) is 15.4. The number of fused-ring (bicyclic) bond motifs is 1. The largest absolute Gasteiger partial charge is 0.476 e. The number of aryl methyl sites for hydroxylation is 2. The molecule has 2 aromatic rings. The Bertz CT molecular complexity index is 764. The van der Waals surface area contributed by atoms with Crippen molar-refractivity contribution < 1.29 is 23.1 Å². The average Bonchev–Trinajstić information content (AvgIpc) is 2.99. The molecule has 0 radical (unpaired) electrons. The highest BCUT2D eigenvalue weighted by Gasteiger charge is 2.47. The highest BCUT2D eigenvalue weighted by Crippen LogP contribution is 2.43. The third-order valence-corrected chi connectivity index (χ3v) is 3.84. The molecule has 1 aliphatic heterocycles. The third kappa shape index (κ3) is 2.64. The number of carboxylic acid groups (broad SMARTS) is 1. The zero-order valence-electron chi connectivity index (χ0n) is 12.3. The van der Waals surface area contributed by atoms with Crippen LogP contribution in [-0.2, 0) is 7.05 Å². The van der Waals surface area contributed by atoms with Crippen LogP contribution in [0.2, 0.25) is 0 Å². The van der Waals surface area contributed by atoms with E-state index in [0.29, 0.717) is 15.9 Å². The number of hydrogen-bond donors (Lipinski definition) is 2. The van der Waals surface area contributed by atoms with Crippen molar-refractivity contribution in [2.24, 2.45) is 7.05 Å². The predicted molar refractivity (Wildman–Crippen MR) is 73.2 cm³/mol. The van der Waals surface area contributed by atoms with Crippen molar-refractivity contribution in [2.75, 3.05) is 5.32 Å². The molecule has 10 heteroatoms. The van der Waals surface area contributed by atoms with E-state index in [0.717, 1.165) is 6.07 Å². The van der Waals surface area contributed by atoms with Gasteiger partial charge >= 0.3 is 12.1 Å². The zero-order chi connectivity index (χ0) is 16.9. The molecule has 0 amide bonds. The van der Waals surface area contributed by atoms with E-state index in [1.807, 2.05) is 0 Å². The monoisotopic (exact) mass is 329 g/mol. The van der Waals surface area contributed by atoms with Gasteiger partial charge < -0.3 is 10.4 Å². The Morgan fingerprint density at radius 3 is 2.65 bits per heavy atom. The van der Waals surface area contributed by atoms with E-state index in [2.05, 4.69) is 15.5 Å². The summed E-state index contributed by atoms with van der Waals surface area (Å²) >= 11 is 0. The van der Waals surface area contributed by atoms with Crippen LogP contribution in [0.4, 0.5) is 19.0 Å². The zero-order valence-corrected chi connectivity index (χ0v) is 12.3. The second kappa shape index (κ2) is 5.00. The van der Waals surface area contributed by atoms with Gasteiger partial charge in [-0.1, -0.05) is 0 Å². The van der Waals surface area contributed by atoms with Gasteiger partial charge in [-0.3, -0.25) is 4.68 Å². The Kier molecular flexibility index (Phi) is 3.34. The molecule has 0 aromatic carbocycles. The number of carboxylic acids is 1. The van der Waals surface area contributed by atoms with Gasteiger partial charge in [0.1, 0.15) is 5.82 Å². The first-order chi connectivity index (χ1) is 10.7. The van der Waals surface area contributed by atoms with Crippen LogP contribution in [0.25, 0.3) is 0 Å². The number of anilines is 1. The van der Waals surface area contributed by atoms with E-state index >= 15 is 0 Å². The van der Waals surface area contributed by atoms with E-state index in [1.165, 1.54) is 4.68 Å². The Morgan fingerprint density at radius 1 is 1.43 bits per heavy atom. The maximum absolute atomic E-state index is 13.4. The fraction of sp³-hybridized carbons (Fsp3) is 0.462. The van der Waals surface area contributed by atoms with Gasteiger partial charge in [0.15, 0.2) is 11.7 Å². The van der Waals surface area contributed by atoms with Gasteiger partial charge in [-0.2, -0.15) is 23.4 Å². The normalized spacial score (nSPS) is 20.9. The molecule has 23 heavy (non-hydrogen) atoms. The minimum atomic E-state index is -4.53. The molecule has 0 bridgehead atoms. The van der Waals surface area contributed by atoms with Crippen molar-refractivity contribution in [1.29, 1.82) is 0 Å². The Hall–Kier alpha value is -2.52. The molecule has 0 unspecified atom stereocenters. The fourth-order valence-electron chi connectivity index (χ4n) is 2.84. The fourth-order valence-corrected chi connectivity index (χ4v) is 2.84. The Labute approximate surface area is 128 Å². The molecule has 7 nitrogen and oxygen atoms in total. The lowest BCUT2D eigenvalue weighted by Gasteiger charge is -2.33. The third-order valence-electron chi connectivity index (χ3n) is 3.84. The number of carbonyl (C=O) groups is 1. The number of halogens is 3. The lowest BCUT2D eigenvalue weighted by molar-refractivity contribution is -0.173. The van der Waals surface area contributed by atoms with Crippen molar-refractivity contribution in [1.82, 2.24) is 19.6 Å². The minimum absolute atomic E-state index is 0.0317. The highest BCUT2D eigenvalue weighted by atomic mass is 19.4. The summed E-state index contributed by atoms with van der Waals surface area (Å²) in [5, 5.41) is 19.6. The Morgan fingerprint density at radius 2 is 2.13 bits per heavy atom. The number of nitrogens with zero attached hydrogens (tertiary/aromatic N) is 4. The number of alkyl halides is 3. The summed E-state index contributed by atoms with van der Waals surface area (Å²) in [5.41, 5.74) is 0.841. The van der Waals surface area contributed by atoms with Crippen molar-refractivity contribution in [3.8, 4) is 0 Å². The molecular formula is C13H14F3N5O2. The van der Waals surface area contributed by atoms with Gasteiger partial charge in [-0.05, 0) is 6.92 Å². The van der Waals surface area contributed by atoms with Crippen LogP contribution in [0.5, 0.6) is 0 Å². The summed E-state index contributed by atoms with van der Waals surface area (Å²) in [6, 6.07) is -1.41. The lowest BCUT2D eigenvalue weighted by Crippen LogP contribution is -2.35. The Balaban J connectivity index is 2.05. The van der Waals surface area contributed by atoms with Crippen LogP contribution in [0, 0.1) is 6.92 Å². The molecule has 2 N–H and O–H groups in total. The number of aromatic nitrogens is 4.